The largest absolute Gasteiger partial charge is 0.493 e. The van der Waals surface area contributed by atoms with Crippen LogP contribution in [0.15, 0.2) is 78.2 Å². The van der Waals surface area contributed by atoms with E-state index in [9.17, 15) is 4.79 Å². The minimum atomic E-state index is -0.331. The van der Waals surface area contributed by atoms with Gasteiger partial charge in [-0.1, -0.05) is 18.2 Å². The third kappa shape index (κ3) is 4.57. The maximum atomic E-state index is 13.0. The molecule has 2 heterocycles. The Morgan fingerprint density at radius 3 is 2.75 bits per heavy atom. The first-order valence-electron chi connectivity index (χ1n) is 10.1. The van der Waals surface area contributed by atoms with E-state index in [1.807, 2.05) is 55.5 Å². The maximum absolute atomic E-state index is 13.0. The van der Waals surface area contributed by atoms with Crippen LogP contribution in [0.5, 0.6) is 11.5 Å². The first-order chi connectivity index (χ1) is 15.7. The van der Waals surface area contributed by atoms with Gasteiger partial charge in [-0.25, -0.2) is 10.4 Å². The number of hydrogen-bond donors (Lipinski definition) is 1. The summed E-state index contributed by atoms with van der Waals surface area (Å²) in [7, 11) is 1.58. The number of amides is 1. The Balaban J connectivity index is 1.60. The van der Waals surface area contributed by atoms with Crippen molar-refractivity contribution in [2.75, 3.05) is 13.7 Å². The molecule has 160 valence electrons. The second-order valence-corrected chi connectivity index (χ2v) is 6.86. The molecule has 32 heavy (non-hydrogen) atoms. The summed E-state index contributed by atoms with van der Waals surface area (Å²) in [5, 5.41) is 4.87. The SMILES string of the molecule is CCOc1ccc(C=NNC(=O)c2cc(-c3cccnc3)nc3ccccc23)cc1OC. The van der Waals surface area contributed by atoms with Crippen LogP contribution in [-0.2, 0) is 0 Å². The summed E-state index contributed by atoms with van der Waals surface area (Å²) in [6, 6.07) is 18.4. The van der Waals surface area contributed by atoms with Crippen LogP contribution >= 0.6 is 0 Å². The van der Waals surface area contributed by atoms with Gasteiger partial charge in [-0.15, -0.1) is 0 Å². The van der Waals surface area contributed by atoms with Crippen LogP contribution in [0.2, 0.25) is 0 Å². The number of aromatic nitrogens is 2. The highest BCUT2D eigenvalue weighted by Crippen LogP contribution is 2.27. The molecule has 0 unspecified atom stereocenters. The molecule has 0 saturated carbocycles. The molecule has 0 radical (unpaired) electrons. The van der Waals surface area contributed by atoms with Crippen molar-refractivity contribution in [1.82, 2.24) is 15.4 Å². The number of rotatable bonds is 7. The minimum absolute atomic E-state index is 0.331. The van der Waals surface area contributed by atoms with Crippen LogP contribution in [0.1, 0.15) is 22.8 Å². The Labute approximate surface area is 185 Å². The van der Waals surface area contributed by atoms with Crippen molar-refractivity contribution in [3.8, 4) is 22.8 Å². The Hall–Kier alpha value is -4.26. The van der Waals surface area contributed by atoms with Gasteiger partial charge in [0.05, 0.1) is 36.7 Å². The van der Waals surface area contributed by atoms with Crippen LogP contribution in [0, 0.1) is 0 Å². The van der Waals surface area contributed by atoms with Gasteiger partial charge in [-0.2, -0.15) is 5.10 Å². The Bertz CT molecular complexity index is 1270. The van der Waals surface area contributed by atoms with Crippen molar-refractivity contribution in [3.05, 3.63) is 84.2 Å². The van der Waals surface area contributed by atoms with E-state index < -0.39 is 0 Å². The van der Waals surface area contributed by atoms with Crippen LogP contribution in [0.3, 0.4) is 0 Å². The number of para-hydroxylation sites is 1. The van der Waals surface area contributed by atoms with Crippen LogP contribution in [-0.4, -0.2) is 35.8 Å². The average Bonchev–Trinajstić information content (AvgIpc) is 2.84. The monoisotopic (exact) mass is 426 g/mol. The zero-order chi connectivity index (χ0) is 22.3. The third-order valence-corrected chi connectivity index (χ3v) is 4.79. The average molecular weight is 426 g/mol. The molecule has 0 fully saturated rings. The highest BCUT2D eigenvalue weighted by Gasteiger charge is 2.13. The van der Waals surface area contributed by atoms with Gasteiger partial charge in [-0.05, 0) is 55.0 Å². The van der Waals surface area contributed by atoms with E-state index in [0.717, 1.165) is 22.0 Å². The summed E-state index contributed by atoms with van der Waals surface area (Å²) in [5.41, 5.74) is 6.08. The highest BCUT2D eigenvalue weighted by atomic mass is 16.5. The van der Waals surface area contributed by atoms with Crippen molar-refractivity contribution < 1.29 is 14.3 Å². The Morgan fingerprint density at radius 1 is 1.09 bits per heavy atom. The van der Waals surface area contributed by atoms with E-state index in [0.29, 0.717) is 29.4 Å². The van der Waals surface area contributed by atoms with Crippen molar-refractivity contribution in [1.29, 1.82) is 0 Å². The summed E-state index contributed by atoms with van der Waals surface area (Å²) >= 11 is 0. The molecule has 4 rings (SSSR count). The van der Waals surface area contributed by atoms with E-state index >= 15 is 0 Å². The normalized spacial score (nSPS) is 10.9. The Kier molecular flexibility index (Phi) is 6.36. The molecule has 7 nitrogen and oxygen atoms in total. The van der Waals surface area contributed by atoms with E-state index in [4.69, 9.17) is 9.47 Å². The molecule has 0 aliphatic rings. The minimum Gasteiger partial charge on any atom is -0.493 e. The molecule has 2 aromatic carbocycles. The standard InChI is InChI=1S/C25H22N4O3/c1-3-32-23-11-10-17(13-24(23)31-2)15-27-29-25(30)20-14-22(18-7-6-12-26-16-18)28-21-9-5-4-8-19(20)21/h4-16H,3H2,1-2H3,(H,29,30). The number of hydrazone groups is 1. The third-order valence-electron chi connectivity index (χ3n) is 4.79. The van der Waals surface area contributed by atoms with E-state index in [2.05, 4.69) is 20.5 Å². The molecule has 0 spiro atoms. The smallest absolute Gasteiger partial charge is 0.272 e. The van der Waals surface area contributed by atoms with E-state index in [-0.39, 0.29) is 5.91 Å². The van der Waals surface area contributed by atoms with Gasteiger partial charge in [0.2, 0.25) is 0 Å². The molecule has 7 heteroatoms. The molecule has 0 aliphatic heterocycles. The zero-order valence-corrected chi connectivity index (χ0v) is 17.8. The lowest BCUT2D eigenvalue weighted by atomic mass is 10.0. The highest BCUT2D eigenvalue weighted by molar-refractivity contribution is 6.07. The predicted molar refractivity (Wildman–Crippen MR) is 124 cm³/mol. The van der Waals surface area contributed by atoms with Gasteiger partial charge < -0.3 is 9.47 Å². The molecular weight excluding hydrogens is 404 g/mol. The number of fused-ring (bicyclic) bond motifs is 1. The summed E-state index contributed by atoms with van der Waals surface area (Å²) < 4.78 is 10.9. The van der Waals surface area contributed by atoms with Gasteiger partial charge in [0.25, 0.3) is 5.91 Å². The molecule has 1 N–H and O–H groups in total. The lowest BCUT2D eigenvalue weighted by molar-refractivity contribution is 0.0956. The number of methoxy groups -OCH3 is 1. The molecule has 4 aromatic rings. The lowest BCUT2D eigenvalue weighted by Crippen LogP contribution is -2.18. The van der Waals surface area contributed by atoms with Crippen LogP contribution in [0.25, 0.3) is 22.2 Å². The van der Waals surface area contributed by atoms with Gasteiger partial charge in [0.1, 0.15) is 0 Å². The second-order valence-electron chi connectivity index (χ2n) is 6.86. The zero-order valence-electron chi connectivity index (χ0n) is 17.8. The molecule has 0 atom stereocenters. The Morgan fingerprint density at radius 2 is 1.97 bits per heavy atom. The van der Waals surface area contributed by atoms with Gasteiger partial charge in [0, 0.05) is 23.3 Å². The summed E-state index contributed by atoms with van der Waals surface area (Å²) in [5.74, 6) is 0.925. The van der Waals surface area contributed by atoms with E-state index in [1.165, 1.54) is 0 Å². The number of pyridine rings is 2. The van der Waals surface area contributed by atoms with Gasteiger partial charge in [-0.3, -0.25) is 9.78 Å². The van der Waals surface area contributed by atoms with Gasteiger partial charge >= 0.3 is 0 Å². The predicted octanol–water partition coefficient (Wildman–Crippen LogP) is 4.47. The molecule has 0 bridgehead atoms. The molecule has 0 saturated heterocycles. The van der Waals surface area contributed by atoms with E-state index in [1.54, 1.807) is 37.9 Å². The number of ether oxygens (including phenoxy) is 2. The number of hydrogen-bond acceptors (Lipinski definition) is 6. The molecule has 0 aliphatic carbocycles. The summed E-state index contributed by atoms with van der Waals surface area (Å²) in [4.78, 5) is 21.8. The fourth-order valence-corrected chi connectivity index (χ4v) is 3.29. The molecule has 2 aromatic heterocycles. The first kappa shape index (κ1) is 21.0. The summed E-state index contributed by atoms with van der Waals surface area (Å²) in [6.07, 6.45) is 4.97. The van der Waals surface area contributed by atoms with Crippen molar-refractivity contribution >= 4 is 23.0 Å². The topological polar surface area (TPSA) is 85.7 Å². The maximum Gasteiger partial charge on any atom is 0.272 e. The fraction of sp³-hybridized carbons (Fsp3) is 0.120. The molecular formula is C25H22N4O3. The quantitative estimate of drug-likeness (QED) is 0.348. The van der Waals surface area contributed by atoms with Crippen LogP contribution < -0.4 is 14.9 Å². The fourth-order valence-electron chi connectivity index (χ4n) is 3.29. The van der Waals surface area contributed by atoms with Crippen LogP contribution in [0.4, 0.5) is 0 Å². The number of carbonyl (C=O) groups is 1. The number of nitrogens with one attached hydrogen (secondary N) is 1. The number of carbonyl (C=O) groups excluding carboxylic acids is 1. The molecule has 1 amide bonds. The van der Waals surface area contributed by atoms with Crippen molar-refractivity contribution in [2.45, 2.75) is 6.92 Å². The van der Waals surface area contributed by atoms with Crippen molar-refractivity contribution in [3.63, 3.8) is 0 Å². The lowest BCUT2D eigenvalue weighted by Gasteiger charge is -2.10. The summed E-state index contributed by atoms with van der Waals surface area (Å²) in [6.45, 7) is 2.45. The number of benzene rings is 2. The first-order valence-corrected chi connectivity index (χ1v) is 10.1. The van der Waals surface area contributed by atoms with Gasteiger partial charge in [0.15, 0.2) is 11.5 Å². The number of nitrogens with zero attached hydrogens (tertiary/aromatic N) is 3. The van der Waals surface area contributed by atoms with Crippen molar-refractivity contribution in [2.24, 2.45) is 5.10 Å². The second kappa shape index (κ2) is 9.70.